The molecule has 2 atom stereocenters. The molecular formula is C51H38N4O2. The van der Waals surface area contributed by atoms with Crippen LogP contribution in [0.3, 0.4) is 0 Å². The van der Waals surface area contributed by atoms with Gasteiger partial charge in [-0.15, -0.1) is 0 Å². The molecule has 57 heavy (non-hydrogen) atoms. The van der Waals surface area contributed by atoms with Crippen molar-refractivity contribution >= 4 is 60.9 Å². The van der Waals surface area contributed by atoms with Crippen LogP contribution in [0, 0.1) is 0 Å². The van der Waals surface area contributed by atoms with Crippen molar-refractivity contribution in [3.05, 3.63) is 192 Å². The molecule has 1 aliphatic carbocycles. The van der Waals surface area contributed by atoms with Crippen LogP contribution in [0.1, 0.15) is 52.9 Å². The smallest absolute Gasteiger partial charge is 0.159 e. The molecule has 1 saturated heterocycles. The van der Waals surface area contributed by atoms with Crippen molar-refractivity contribution < 1.29 is 8.83 Å². The molecule has 7 aromatic carbocycles. The van der Waals surface area contributed by atoms with Gasteiger partial charge in [0.1, 0.15) is 16.7 Å². The number of rotatable bonds is 5. The van der Waals surface area contributed by atoms with E-state index in [1.54, 1.807) is 0 Å². The molecule has 3 aromatic heterocycles. The molecule has 0 spiro atoms. The van der Waals surface area contributed by atoms with E-state index in [2.05, 4.69) is 190 Å². The number of allylic oxidation sites excluding steroid dienone is 1. The molecule has 0 bridgehead atoms. The Kier molecular flexibility index (Phi) is 7.38. The maximum Gasteiger partial charge on any atom is 0.159 e. The fourth-order valence-electron chi connectivity index (χ4n) is 9.31. The van der Waals surface area contributed by atoms with Crippen LogP contribution in [-0.4, -0.2) is 4.57 Å². The van der Waals surface area contributed by atoms with Crippen LogP contribution in [0.25, 0.3) is 77.7 Å². The topological polar surface area (TPSA) is 67.3 Å². The zero-order valence-corrected chi connectivity index (χ0v) is 31.1. The van der Waals surface area contributed by atoms with Gasteiger partial charge in [-0.05, 0) is 71.5 Å². The summed E-state index contributed by atoms with van der Waals surface area (Å²) in [5.74, 6) is 0. The Morgan fingerprint density at radius 1 is 0.491 bits per heavy atom. The summed E-state index contributed by atoms with van der Waals surface area (Å²) in [6.45, 7) is 0. The number of benzene rings is 7. The van der Waals surface area contributed by atoms with Gasteiger partial charge in [0.2, 0.25) is 0 Å². The number of para-hydroxylation sites is 3. The van der Waals surface area contributed by atoms with Crippen molar-refractivity contribution in [2.24, 2.45) is 0 Å². The number of hydrogen-bond donors (Lipinski definition) is 3. The van der Waals surface area contributed by atoms with Crippen LogP contribution < -0.4 is 16.0 Å². The van der Waals surface area contributed by atoms with Crippen LogP contribution in [-0.2, 0) is 6.42 Å². The third-order valence-corrected chi connectivity index (χ3v) is 12.0. The van der Waals surface area contributed by atoms with Gasteiger partial charge in [-0.3, -0.25) is 16.0 Å². The van der Waals surface area contributed by atoms with Gasteiger partial charge in [-0.1, -0.05) is 133 Å². The summed E-state index contributed by atoms with van der Waals surface area (Å²) >= 11 is 0. The summed E-state index contributed by atoms with van der Waals surface area (Å²) in [7, 11) is 0. The minimum absolute atomic E-state index is 0.0657. The molecule has 1 aliphatic heterocycles. The quantitative estimate of drug-likeness (QED) is 0.164. The van der Waals surface area contributed by atoms with Crippen LogP contribution in [0.15, 0.2) is 173 Å². The Bertz CT molecular complexity index is 3140. The van der Waals surface area contributed by atoms with Gasteiger partial charge in [-0.2, -0.15) is 0 Å². The van der Waals surface area contributed by atoms with Crippen molar-refractivity contribution in [3.63, 3.8) is 0 Å². The number of hydrogen-bond acceptors (Lipinski definition) is 5. The molecule has 0 saturated carbocycles. The molecule has 2 aliphatic rings. The molecule has 4 heterocycles. The van der Waals surface area contributed by atoms with Crippen LogP contribution in [0.2, 0.25) is 0 Å². The predicted molar refractivity (Wildman–Crippen MR) is 231 cm³/mol. The SMILES string of the molecule is C1=Cc2c(n(-c3cccc4c3oc3ccc(-c5ccc6oc7c(C8NC(c9ccccc9)NC(c9ccccc9)N8)cccc7c6c5)cc34)c3ccccc23)CC1. The van der Waals surface area contributed by atoms with Gasteiger partial charge in [0, 0.05) is 43.8 Å². The Labute approximate surface area is 329 Å². The van der Waals surface area contributed by atoms with Gasteiger partial charge < -0.3 is 13.4 Å². The highest BCUT2D eigenvalue weighted by atomic mass is 16.3. The Balaban J connectivity index is 0.941. The predicted octanol–water partition coefficient (Wildman–Crippen LogP) is 12.2. The monoisotopic (exact) mass is 738 g/mol. The van der Waals surface area contributed by atoms with Crippen LogP contribution in [0.5, 0.6) is 0 Å². The second kappa shape index (κ2) is 12.9. The zero-order valence-electron chi connectivity index (χ0n) is 31.1. The summed E-state index contributed by atoms with van der Waals surface area (Å²) in [5, 5.41) is 17.1. The maximum absolute atomic E-state index is 6.73. The maximum atomic E-state index is 6.73. The third kappa shape index (κ3) is 5.22. The molecule has 6 heteroatoms. The Morgan fingerprint density at radius 3 is 1.77 bits per heavy atom. The van der Waals surface area contributed by atoms with E-state index in [0.29, 0.717) is 0 Å². The summed E-state index contributed by atoms with van der Waals surface area (Å²) in [4.78, 5) is 0. The number of aromatic nitrogens is 1. The largest absolute Gasteiger partial charge is 0.456 e. The van der Waals surface area contributed by atoms with Gasteiger partial charge >= 0.3 is 0 Å². The second-order valence-corrected chi connectivity index (χ2v) is 15.3. The first-order chi connectivity index (χ1) is 28.2. The van der Waals surface area contributed by atoms with E-state index in [0.717, 1.165) is 79.1 Å². The lowest BCUT2D eigenvalue weighted by molar-refractivity contribution is 0.203. The highest BCUT2D eigenvalue weighted by Crippen LogP contribution is 2.41. The molecule has 1 fully saturated rings. The first-order valence-electron chi connectivity index (χ1n) is 19.8. The molecule has 0 amide bonds. The number of furan rings is 2. The first-order valence-corrected chi connectivity index (χ1v) is 19.8. The molecule has 6 nitrogen and oxygen atoms in total. The van der Waals surface area contributed by atoms with E-state index in [9.17, 15) is 0 Å². The number of nitrogens with one attached hydrogen (secondary N) is 3. The van der Waals surface area contributed by atoms with Crippen LogP contribution in [0.4, 0.5) is 0 Å². The summed E-state index contributed by atoms with van der Waals surface area (Å²) in [6.07, 6.45) is 6.31. The molecule has 12 rings (SSSR count). The lowest BCUT2D eigenvalue weighted by Crippen LogP contribution is -2.54. The minimum atomic E-state index is -0.168. The average Bonchev–Trinajstić information content (AvgIpc) is 3.96. The first kappa shape index (κ1) is 32.5. The zero-order chi connectivity index (χ0) is 37.5. The fraction of sp³-hybridized carbons (Fsp3) is 0.0980. The molecule has 3 N–H and O–H groups in total. The lowest BCUT2D eigenvalue weighted by Gasteiger charge is -2.39. The third-order valence-electron chi connectivity index (χ3n) is 12.0. The summed E-state index contributed by atoms with van der Waals surface area (Å²) in [5.41, 5.74) is 14.2. The standard InChI is InChI=1S/C51H38N4O2/c1-3-13-31(14-4-1)49-52-50(32-15-5-2-6-16-32)54-51(53-49)39-21-11-19-37-40-29-33(25-27-45(40)56-47(37)39)34-26-28-46-41(30-34)38-20-12-24-44(48(38)57-46)55-42-22-9-7-17-35(42)36-18-8-10-23-43(36)55/h1-9,11-22,24-30,49-54H,10,23H2. The van der Waals surface area contributed by atoms with Crippen molar-refractivity contribution in [3.8, 4) is 16.8 Å². The molecular weight excluding hydrogens is 701 g/mol. The second-order valence-electron chi connectivity index (χ2n) is 15.3. The van der Waals surface area contributed by atoms with Crippen molar-refractivity contribution in [1.29, 1.82) is 0 Å². The normalized spacial score (nSPS) is 18.3. The van der Waals surface area contributed by atoms with Crippen molar-refractivity contribution in [1.82, 2.24) is 20.5 Å². The van der Waals surface area contributed by atoms with Gasteiger partial charge in [-0.25, -0.2) is 0 Å². The van der Waals surface area contributed by atoms with E-state index in [4.69, 9.17) is 8.83 Å². The summed E-state index contributed by atoms with van der Waals surface area (Å²) in [6, 6.07) is 56.0. The average molecular weight is 739 g/mol. The minimum Gasteiger partial charge on any atom is -0.456 e. The van der Waals surface area contributed by atoms with E-state index in [1.165, 1.54) is 33.3 Å². The Morgan fingerprint density at radius 2 is 1.07 bits per heavy atom. The van der Waals surface area contributed by atoms with Gasteiger partial charge in [0.25, 0.3) is 0 Å². The van der Waals surface area contributed by atoms with E-state index < -0.39 is 0 Å². The molecule has 0 radical (unpaired) electrons. The van der Waals surface area contributed by atoms with Crippen molar-refractivity contribution in [2.45, 2.75) is 31.3 Å². The van der Waals surface area contributed by atoms with Gasteiger partial charge in [0.15, 0.2) is 5.58 Å². The van der Waals surface area contributed by atoms with E-state index in [1.807, 2.05) is 0 Å². The van der Waals surface area contributed by atoms with Gasteiger partial charge in [0.05, 0.1) is 29.7 Å². The number of fused-ring (bicyclic) bond motifs is 9. The highest BCUT2D eigenvalue weighted by molar-refractivity contribution is 6.11. The molecule has 274 valence electrons. The van der Waals surface area contributed by atoms with Crippen molar-refractivity contribution in [2.75, 3.05) is 0 Å². The van der Waals surface area contributed by atoms with E-state index in [-0.39, 0.29) is 18.5 Å². The van der Waals surface area contributed by atoms with E-state index >= 15 is 0 Å². The summed E-state index contributed by atoms with van der Waals surface area (Å²) < 4.78 is 15.9. The Hall–Kier alpha value is -6.70. The fourth-order valence-corrected chi connectivity index (χ4v) is 9.31. The number of nitrogens with zero attached hydrogens (tertiary/aromatic N) is 1. The molecule has 10 aromatic rings. The molecule has 2 unspecified atom stereocenters. The highest BCUT2D eigenvalue weighted by Gasteiger charge is 2.31. The lowest BCUT2D eigenvalue weighted by atomic mass is 9.99. The van der Waals surface area contributed by atoms with Crippen LogP contribution >= 0.6 is 0 Å².